The van der Waals surface area contributed by atoms with E-state index >= 15 is 0 Å². The molecule has 0 bridgehead atoms. The molecule has 17 heavy (non-hydrogen) atoms. The SMILES string of the molecule is CC[C@H](N[C@H]1CCO[C@@H](C)C1)c1ccc(Cl)s1. The van der Waals surface area contributed by atoms with Gasteiger partial charge in [0.05, 0.1) is 10.4 Å². The standard InChI is InChI=1S/C13H20ClNOS/c1-3-11(12-4-5-13(14)17-12)15-10-6-7-16-9(2)8-10/h4-5,9-11,15H,3,6-8H2,1-2H3/t9-,10-,11-/m0/s1. The molecule has 0 saturated carbocycles. The van der Waals surface area contributed by atoms with E-state index in [2.05, 4.69) is 25.2 Å². The van der Waals surface area contributed by atoms with Crippen LogP contribution >= 0.6 is 22.9 Å². The minimum Gasteiger partial charge on any atom is -0.378 e. The van der Waals surface area contributed by atoms with E-state index in [0.29, 0.717) is 18.2 Å². The number of rotatable bonds is 4. The quantitative estimate of drug-likeness (QED) is 0.895. The highest BCUT2D eigenvalue weighted by Gasteiger charge is 2.22. The first-order valence-electron chi connectivity index (χ1n) is 6.32. The molecule has 2 heterocycles. The molecule has 1 saturated heterocycles. The van der Waals surface area contributed by atoms with E-state index in [1.54, 1.807) is 11.3 Å². The molecule has 0 aromatic carbocycles. The van der Waals surface area contributed by atoms with Gasteiger partial charge < -0.3 is 10.1 Å². The second-order valence-corrected chi connectivity index (χ2v) is 6.42. The Bertz CT molecular complexity index is 355. The number of ether oxygens (including phenoxy) is 1. The molecule has 1 aromatic heterocycles. The van der Waals surface area contributed by atoms with Gasteiger partial charge in [-0.15, -0.1) is 11.3 Å². The number of halogens is 1. The summed E-state index contributed by atoms with van der Waals surface area (Å²) in [5.74, 6) is 0. The van der Waals surface area contributed by atoms with Crippen LogP contribution < -0.4 is 5.32 Å². The average molecular weight is 274 g/mol. The van der Waals surface area contributed by atoms with Crippen molar-refractivity contribution in [1.29, 1.82) is 0 Å². The minimum absolute atomic E-state index is 0.380. The molecule has 0 spiro atoms. The van der Waals surface area contributed by atoms with E-state index in [1.165, 1.54) is 4.88 Å². The summed E-state index contributed by atoms with van der Waals surface area (Å²) in [6.07, 6.45) is 3.70. The molecule has 0 amide bonds. The topological polar surface area (TPSA) is 21.3 Å². The van der Waals surface area contributed by atoms with Crippen LogP contribution in [0.15, 0.2) is 12.1 Å². The van der Waals surface area contributed by atoms with Crippen LogP contribution in [0.25, 0.3) is 0 Å². The summed E-state index contributed by atoms with van der Waals surface area (Å²) in [6, 6.07) is 5.13. The van der Waals surface area contributed by atoms with Gasteiger partial charge in [-0.25, -0.2) is 0 Å². The van der Waals surface area contributed by atoms with Crippen LogP contribution in [0.5, 0.6) is 0 Å². The second kappa shape index (κ2) is 6.19. The first-order chi connectivity index (χ1) is 8.19. The molecule has 3 atom stereocenters. The zero-order valence-electron chi connectivity index (χ0n) is 10.4. The molecule has 1 N–H and O–H groups in total. The van der Waals surface area contributed by atoms with Crippen molar-refractivity contribution in [2.24, 2.45) is 0 Å². The summed E-state index contributed by atoms with van der Waals surface area (Å²) in [5.41, 5.74) is 0. The summed E-state index contributed by atoms with van der Waals surface area (Å²) in [4.78, 5) is 1.34. The Labute approximate surface area is 112 Å². The maximum absolute atomic E-state index is 6.00. The van der Waals surface area contributed by atoms with Crippen molar-refractivity contribution in [3.05, 3.63) is 21.3 Å². The van der Waals surface area contributed by atoms with Crippen molar-refractivity contribution in [3.63, 3.8) is 0 Å². The molecular formula is C13H20ClNOS. The molecule has 0 radical (unpaired) electrons. The van der Waals surface area contributed by atoms with Crippen molar-refractivity contribution in [3.8, 4) is 0 Å². The summed E-state index contributed by atoms with van der Waals surface area (Å²) in [5, 5.41) is 3.74. The average Bonchev–Trinajstić information content (AvgIpc) is 2.73. The Morgan fingerprint density at radius 1 is 1.59 bits per heavy atom. The van der Waals surface area contributed by atoms with Crippen LogP contribution in [-0.4, -0.2) is 18.8 Å². The van der Waals surface area contributed by atoms with Gasteiger partial charge in [-0.3, -0.25) is 0 Å². The molecule has 0 unspecified atom stereocenters. The van der Waals surface area contributed by atoms with Crippen LogP contribution in [0, 0.1) is 0 Å². The van der Waals surface area contributed by atoms with Crippen LogP contribution in [0.1, 0.15) is 44.0 Å². The normalized spacial score (nSPS) is 27.0. The number of hydrogen-bond acceptors (Lipinski definition) is 3. The fourth-order valence-electron chi connectivity index (χ4n) is 2.35. The van der Waals surface area contributed by atoms with Gasteiger partial charge in [-0.2, -0.15) is 0 Å². The smallest absolute Gasteiger partial charge is 0.0931 e. The predicted octanol–water partition coefficient (Wildman–Crippen LogP) is 4.01. The van der Waals surface area contributed by atoms with E-state index < -0.39 is 0 Å². The third kappa shape index (κ3) is 3.68. The molecule has 1 fully saturated rings. The zero-order chi connectivity index (χ0) is 12.3. The van der Waals surface area contributed by atoms with E-state index in [-0.39, 0.29) is 0 Å². The highest BCUT2D eigenvalue weighted by molar-refractivity contribution is 7.16. The first kappa shape index (κ1) is 13.3. The lowest BCUT2D eigenvalue weighted by Crippen LogP contribution is -2.39. The molecule has 96 valence electrons. The van der Waals surface area contributed by atoms with Crippen LogP contribution in [-0.2, 0) is 4.74 Å². The molecule has 4 heteroatoms. The number of hydrogen-bond donors (Lipinski definition) is 1. The zero-order valence-corrected chi connectivity index (χ0v) is 12.0. The van der Waals surface area contributed by atoms with E-state index in [1.807, 2.05) is 6.07 Å². The van der Waals surface area contributed by atoms with Gasteiger partial charge in [-0.05, 0) is 38.3 Å². The molecule has 0 aliphatic carbocycles. The fraction of sp³-hybridized carbons (Fsp3) is 0.692. The lowest BCUT2D eigenvalue weighted by atomic mass is 10.0. The summed E-state index contributed by atoms with van der Waals surface area (Å²) in [6.45, 7) is 5.24. The van der Waals surface area contributed by atoms with Crippen LogP contribution in [0.3, 0.4) is 0 Å². The second-order valence-electron chi connectivity index (χ2n) is 4.67. The van der Waals surface area contributed by atoms with Crippen LogP contribution in [0.2, 0.25) is 4.34 Å². The monoisotopic (exact) mass is 273 g/mol. The largest absolute Gasteiger partial charge is 0.378 e. The molecule has 1 aliphatic rings. The van der Waals surface area contributed by atoms with Gasteiger partial charge in [0, 0.05) is 23.6 Å². The maximum Gasteiger partial charge on any atom is 0.0931 e. The molecule has 2 rings (SSSR count). The Morgan fingerprint density at radius 3 is 3.00 bits per heavy atom. The van der Waals surface area contributed by atoms with E-state index in [4.69, 9.17) is 16.3 Å². The van der Waals surface area contributed by atoms with Gasteiger partial charge in [0.15, 0.2) is 0 Å². The Hall–Kier alpha value is -0.0900. The molecule has 1 aliphatic heterocycles. The maximum atomic E-state index is 6.00. The lowest BCUT2D eigenvalue weighted by molar-refractivity contribution is 0.0112. The van der Waals surface area contributed by atoms with E-state index in [9.17, 15) is 0 Å². The lowest BCUT2D eigenvalue weighted by Gasteiger charge is -2.31. The third-order valence-electron chi connectivity index (χ3n) is 3.27. The summed E-state index contributed by atoms with van der Waals surface area (Å²) in [7, 11) is 0. The van der Waals surface area contributed by atoms with Crippen molar-refractivity contribution in [2.75, 3.05) is 6.61 Å². The molecule has 2 nitrogen and oxygen atoms in total. The fourth-order valence-corrected chi connectivity index (χ4v) is 3.56. The van der Waals surface area contributed by atoms with E-state index in [0.717, 1.165) is 30.2 Å². The van der Waals surface area contributed by atoms with Crippen molar-refractivity contribution >= 4 is 22.9 Å². The Balaban J connectivity index is 1.95. The Morgan fingerprint density at radius 2 is 2.41 bits per heavy atom. The first-order valence-corrected chi connectivity index (χ1v) is 7.51. The summed E-state index contributed by atoms with van der Waals surface area (Å²) >= 11 is 7.68. The minimum atomic E-state index is 0.380. The summed E-state index contributed by atoms with van der Waals surface area (Å²) < 4.78 is 6.45. The van der Waals surface area contributed by atoms with Gasteiger partial charge in [0.1, 0.15) is 0 Å². The van der Waals surface area contributed by atoms with Gasteiger partial charge in [0.2, 0.25) is 0 Å². The van der Waals surface area contributed by atoms with Crippen molar-refractivity contribution < 1.29 is 4.74 Å². The third-order valence-corrected chi connectivity index (χ3v) is 4.61. The number of nitrogens with one attached hydrogen (secondary N) is 1. The van der Waals surface area contributed by atoms with Crippen molar-refractivity contribution in [1.82, 2.24) is 5.32 Å². The highest BCUT2D eigenvalue weighted by atomic mass is 35.5. The molecule has 1 aromatic rings. The van der Waals surface area contributed by atoms with Gasteiger partial charge in [0.25, 0.3) is 0 Å². The van der Waals surface area contributed by atoms with Crippen molar-refractivity contribution in [2.45, 2.75) is 51.3 Å². The van der Waals surface area contributed by atoms with Gasteiger partial charge in [-0.1, -0.05) is 18.5 Å². The Kier molecular flexibility index (Phi) is 4.86. The highest BCUT2D eigenvalue weighted by Crippen LogP contribution is 2.29. The molecular weight excluding hydrogens is 254 g/mol. The van der Waals surface area contributed by atoms with Gasteiger partial charge >= 0.3 is 0 Å². The number of thiophene rings is 1. The predicted molar refractivity (Wildman–Crippen MR) is 73.9 cm³/mol. The van der Waals surface area contributed by atoms with Crippen LogP contribution in [0.4, 0.5) is 0 Å².